The zero-order valence-electron chi connectivity index (χ0n) is 11.0. The van der Waals surface area contributed by atoms with Crippen LogP contribution < -0.4 is 9.47 Å². The van der Waals surface area contributed by atoms with Gasteiger partial charge in [-0.15, -0.1) is 0 Å². The minimum absolute atomic E-state index is 0.201. The third kappa shape index (κ3) is 2.73. The summed E-state index contributed by atoms with van der Waals surface area (Å²) >= 11 is 0. The number of benzene rings is 1. The summed E-state index contributed by atoms with van der Waals surface area (Å²) < 4.78 is 15.2. The number of aliphatic hydroxyl groups is 1. The number of aryl methyl sites for hydroxylation is 1. The topological polar surface area (TPSA) is 65.0 Å². The first-order valence-corrected chi connectivity index (χ1v) is 5.63. The van der Waals surface area contributed by atoms with Crippen LogP contribution in [0.1, 0.15) is 24.2 Å². The molecule has 0 aliphatic carbocycles. The number of esters is 1. The van der Waals surface area contributed by atoms with Gasteiger partial charge in [0.1, 0.15) is 11.5 Å². The Labute approximate surface area is 106 Å². The molecule has 1 aromatic rings. The standard InChI is InChI=1S/C13H18O5/c1-5-18-13(15)11(14)10-9(16-3)7-6-8(2)12(10)17-4/h6-7,11,14H,5H2,1-4H3. The van der Waals surface area contributed by atoms with E-state index in [2.05, 4.69) is 0 Å². The monoisotopic (exact) mass is 254 g/mol. The molecule has 5 heteroatoms. The normalized spacial score (nSPS) is 11.8. The molecule has 0 fully saturated rings. The molecule has 0 saturated carbocycles. The quantitative estimate of drug-likeness (QED) is 0.809. The van der Waals surface area contributed by atoms with Crippen LogP contribution >= 0.6 is 0 Å². The van der Waals surface area contributed by atoms with Crippen LogP contribution in [-0.2, 0) is 9.53 Å². The van der Waals surface area contributed by atoms with Crippen molar-refractivity contribution >= 4 is 5.97 Å². The van der Waals surface area contributed by atoms with E-state index < -0.39 is 12.1 Å². The molecule has 0 aliphatic heterocycles. The Bertz CT molecular complexity index is 428. The van der Waals surface area contributed by atoms with E-state index in [1.54, 1.807) is 19.1 Å². The molecule has 18 heavy (non-hydrogen) atoms. The fourth-order valence-electron chi connectivity index (χ4n) is 1.74. The van der Waals surface area contributed by atoms with Gasteiger partial charge in [0.2, 0.25) is 0 Å². The Morgan fingerprint density at radius 3 is 2.50 bits per heavy atom. The van der Waals surface area contributed by atoms with Crippen LogP contribution in [0, 0.1) is 6.92 Å². The van der Waals surface area contributed by atoms with Crippen molar-refractivity contribution in [1.82, 2.24) is 0 Å². The van der Waals surface area contributed by atoms with E-state index in [-0.39, 0.29) is 6.61 Å². The highest BCUT2D eigenvalue weighted by Gasteiger charge is 2.27. The first-order valence-electron chi connectivity index (χ1n) is 5.63. The molecule has 0 spiro atoms. The molecule has 1 unspecified atom stereocenters. The summed E-state index contributed by atoms with van der Waals surface area (Å²) in [6, 6.07) is 3.47. The number of hydrogen-bond acceptors (Lipinski definition) is 5. The number of rotatable bonds is 5. The van der Waals surface area contributed by atoms with Gasteiger partial charge in [-0.3, -0.25) is 0 Å². The maximum absolute atomic E-state index is 11.6. The van der Waals surface area contributed by atoms with E-state index in [0.717, 1.165) is 5.56 Å². The summed E-state index contributed by atoms with van der Waals surface area (Å²) in [5, 5.41) is 10.0. The van der Waals surface area contributed by atoms with Crippen molar-refractivity contribution < 1.29 is 24.1 Å². The highest BCUT2D eigenvalue weighted by atomic mass is 16.5. The number of carbonyl (C=O) groups is 1. The van der Waals surface area contributed by atoms with Gasteiger partial charge >= 0.3 is 5.97 Å². The Balaban J connectivity index is 3.27. The minimum Gasteiger partial charge on any atom is -0.496 e. The summed E-state index contributed by atoms with van der Waals surface area (Å²) in [6.45, 7) is 3.70. The van der Waals surface area contributed by atoms with Gasteiger partial charge in [-0.1, -0.05) is 6.07 Å². The van der Waals surface area contributed by atoms with E-state index in [1.807, 2.05) is 6.92 Å². The lowest BCUT2D eigenvalue weighted by molar-refractivity contribution is -0.153. The molecular formula is C13H18O5. The molecule has 0 saturated heterocycles. The predicted molar refractivity (Wildman–Crippen MR) is 65.9 cm³/mol. The van der Waals surface area contributed by atoms with Crippen LogP contribution in [0.5, 0.6) is 11.5 Å². The third-order valence-electron chi connectivity index (χ3n) is 2.56. The second-order valence-electron chi connectivity index (χ2n) is 3.69. The van der Waals surface area contributed by atoms with Gasteiger partial charge in [-0.25, -0.2) is 4.79 Å². The van der Waals surface area contributed by atoms with Crippen molar-refractivity contribution in [2.24, 2.45) is 0 Å². The molecule has 0 aromatic heterocycles. The summed E-state index contributed by atoms with van der Waals surface area (Å²) in [4.78, 5) is 11.6. The van der Waals surface area contributed by atoms with Gasteiger partial charge in [0.05, 0.1) is 26.4 Å². The van der Waals surface area contributed by atoms with Crippen molar-refractivity contribution in [1.29, 1.82) is 0 Å². The number of ether oxygens (including phenoxy) is 3. The van der Waals surface area contributed by atoms with Crippen molar-refractivity contribution in [3.63, 3.8) is 0 Å². The van der Waals surface area contributed by atoms with E-state index in [4.69, 9.17) is 14.2 Å². The van der Waals surface area contributed by atoms with Crippen LogP contribution in [-0.4, -0.2) is 31.9 Å². The Morgan fingerprint density at radius 1 is 1.33 bits per heavy atom. The maximum Gasteiger partial charge on any atom is 0.339 e. The molecule has 1 N–H and O–H groups in total. The molecule has 1 rings (SSSR count). The smallest absolute Gasteiger partial charge is 0.339 e. The van der Waals surface area contributed by atoms with Crippen LogP contribution in [0.4, 0.5) is 0 Å². The van der Waals surface area contributed by atoms with Crippen LogP contribution in [0.2, 0.25) is 0 Å². The minimum atomic E-state index is -1.42. The fraction of sp³-hybridized carbons (Fsp3) is 0.462. The molecule has 0 bridgehead atoms. The van der Waals surface area contributed by atoms with E-state index in [0.29, 0.717) is 17.1 Å². The third-order valence-corrected chi connectivity index (χ3v) is 2.56. The summed E-state index contributed by atoms with van der Waals surface area (Å²) in [5.41, 5.74) is 1.09. The van der Waals surface area contributed by atoms with Gasteiger partial charge in [-0.05, 0) is 25.5 Å². The molecule has 1 atom stereocenters. The molecule has 0 radical (unpaired) electrons. The van der Waals surface area contributed by atoms with Crippen molar-refractivity contribution in [3.8, 4) is 11.5 Å². The zero-order valence-corrected chi connectivity index (χ0v) is 11.0. The molecule has 100 valence electrons. The van der Waals surface area contributed by atoms with E-state index in [1.165, 1.54) is 14.2 Å². The number of methoxy groups -OCH3 is 2. The van der Waals surface area contributed by atoms with Crippen LogP contribution in [0.3, 0.4) is 0 Å². The van der Waals surface area contributed by atoms with Crippen LogP contribution in [0.15, 0.2) is 12.1 Å². The zero-order chi connectivity index (χ0) is 13.7. The number of hydrogen-bond donors (Lipinski definition) is 1. The molecular weight excluding hydrogens is 236 g/mol. The van der Waals surface area contributed by atoms with Gasteiger partial charge in [0, 0.05) is 0 Å². The molecule has 0 aliphatic rings. The molecule has 0 heterocycles. The Kier molecular flexibility index (Phi) is 4.97. The van der Waals surface area contributed by atoms with Gasteiger partial charge < -0.3 is 19.3 Å². The number of carbonyl (C=O) groups excluding carboxylic acids is 1. The first-order chi connectivity index (χ1) is 8.56. The lowest BCUT2D eigenvalue weighted by Crippen LogP contribution is -2.17. The van der Waals surface area contributed by atoms with E-state index >= 15 is 0 Å². The van der Waals surface area contributed by atoms with E-state index in [9.17, 15) is 9.90 Å². The molecule has 5 nitrogen and oxygen atoms in total. The first kappa shape index (κ1) is 14.3. The average molecular weight is 254 g/mol. The van der Waals surface area contributed by atoms with Gasteiger partial charge in [0.15, 0.2) is 6.10 Å². The van der Waals surface area contributed by atoms with Crippen molar-refractivity contribution in [3.05, 3.63) is 23.3 Å². The summed E-state index contributed by atoms with van der Waals surface area (Å²) in [6.07, 6.45) is -1.42. The molecule has 0 amide bonds. The van der Waals surface area contributed by atoms with Crippen molar-refractivity contribution in [2.75, 3.05) is 20.8 Å². The largest absolute Gasteiger partial charge is 0.496 e. The fourth-order valence-corrected chi connectivity index (χ4v) is 1.74. The predicted octanol–water partition coefficient (Wildman–Crippen LogP) is 1.61. The maximum atomic E-state index is 11.6. The highest BCUT2D eigenvalue weighted by Crippen LogP contribution is 2.37. The van der Waals surface area contributed by atoms with Gasteiger partial charge in [-0.2, -0.15) is 0 Å². The lowest BCUT2D eigenvalue weighted by Gasteiger charge is -2.18. The summed E-state index contributed by atoms with van der Waals surface area (Å²) in [5.74, 6) is 0.0904. The summed E-state index contributed by atoms with van der Waals surface area (Å²) in [7, 11) is 2.94. The molecule has 1 aromatic carbocycles. The van der Waals surface area contributed by atoms with Crippen molar-refractivity contribution in [2.45, 2.75) is 20.0 Å². The second-order valence-corrected chi connectivity index (χ2v) is 3.69. The lowest BCUT2D eigenvalue weighted by atomic mass is 10.0. The average Bonchev–Trinajstić information content (AvgIpc) is 2.37. The van der Waals surface area contributed by atoms with Crippen LogP contribution in [0.25, 0.3) is 0 Å². The SMILES string of the molecule is CCOC(=O)C(O)c1c(OC)ccc(C)c1OC. The Morgan fingerprint density at radius 2 is 2.00 bits per heavy atom. The Hall–Kier alpha value is -1.75. The second kappa shape index (κ2) is 6.26. The van der Waals surface area contributed by atoms with Gasteiger partial charge in [0.25, 0.3) is 0 Å². The highest BCUT2D eigenvalue weighted by molar-refractivity contribution is 5.79. The number of aliphatic hydroxyl groups excluding tert-OH is 1.